The smallest absolute Gasteiger partial charge is 0.320 e. The lowest BCUT2D eigenvalue weighted by Crippen LogP contribution is -2.30. The summed E-state index contributed by atoms with van der Waals surface area (Å²) in [7, 11) is 0. The maximum absolute atomic E-state index is 10.6. The fourth-order valence-electron chi connectivity index (χ4n) is 2.23. The number of rotatable bonds is 4. The van der Waals surface area contributed by atoms with Gasteiger partial charge < -0.3 is 10.8 Å². The third kappa shape index (κ3) is 2.42. The molecule has 0 bridgehead atoms. The van der Waals surface area contributed by atoms with Crippen molar-refractivity contribution in [1.29, 1.82) is 0 Å². The minimum absolute atomic E-state index is 0.508. The molecule has 0 aromatic heterocycles. The standard InChI is InChI=1S/C13H17NO2/c14-12(13(15)16)7-5-9-4-6-10-2-1-3-11(10)8-9/h4,6,8,12H,1-3,5,7,14H2,(H,15,16)/t12-/m1/s1. The van der Waals surface area contributed by atoms with Crippen LogP contribution in [-0.4, -0.2) is 17.1 Å². The molecule has 0 aliphatic heterocycles. The number of carbonyl (C=O) groups is 1. The Hall–Kier alpha value is -1.35. The molecule has 1 aromatic rings. The van der Waals surface area contributed by atoms with Gasteiger partial charge in [-0.1, -0.05) is 18.2 Å². The molecule has 0 spiro atoms. The Morgan fingerprint density at radius 3 is 2.88 bits per heavy atom. The Labute approximate surface area is 95.3 Å². The summed E-state index contributed by atoms with van der Waals surface area (Å²) in [5.74, 6) is -0.916. The summed E-state index contributed by atoms with van der Waals surface area (Å²) in [4.78, 5) is 10.6. The van der Waals surface area contributed by atoms with Crippen molar-refractivity contribution in [3.8, 4) is 0 Å². The highest BCUT2D eigenvalue weighted by molar-refractivity contribution is 5.73. The van der Waals surface area contributed by atoms with E-state index in [2.05, 4.69) is 18.2 Å². The van der Waals surface area contributed by atoms with Crippen molar-refractivity contribution >= 4 is 5.97 Å². The van der Waals surface area contributed by atoms with Crippen LogP contribution >= 0.6 is 0 Å². The number of aliphatic carboxylic acids is 1. The van der Waals surface area contributed by atoms with E-state index in [-0.39, 0.29) is 0 Å². The van der Waals surface area contributed by atoms with Crippen molar-refractivity contribution in [2.75, 3.05) is 0 Å². The first kappa shape index (κ1) is 11.1. The Morgan fingerprint density at radius 1 is 1.38 bits per heavy atom. The second kappa shape index (κ2) is 4.66. The molecular weight excluding hydrogens is 202 g/mol. The maximum atomic E-state index is 10.6. The first-order valence-corrected chi connectivity index (χ1v) is 5.76. The van der Waals surface area contributed by atoms with Gasteiger partial charge in [0.2, 0.25) is 0 Å². The van der Waals surface area contributed by atoms with Gasteiger partial charge in [-0.05, 0) is 48.8 Å². The average molecular weight is 219 g/mol. The largest absolute Gasteiger partial charge is 0.480 e. The number of carboxylic acids is 1. The molecule has 0 fully saturated rings. The quantitative estimate of drug-likeness (QED) is 0.807. The number of carboxylic acid groups (broad SMARTS) is 1. The summed E-state index contributed by atoms with van der Waals surface area (Å²) in [6.45, 7) is 0. The van der Waals surface area contributed by atoms with Gasteiger partial charge in [0.25, 0.3) is 0 Å². The van der Waals surface area contributed by atoms with Crippen LogP contribution in [0.2, 0.25) is 0 Å². The summed E-state index contributed by atoms with van der Waals surface area (Å²) in [5, 5.41) is 8.69. The van der Waals surface area contributed by atoms with Gasteiger partial charge in [0.05, 0.1) is 0 Å². The molecule has 0 radical (unpaired) electrons. The van der Waals surface area contributed by atoms with E-state index in [1.807, 2.05) is 0 Å². The Bertz CT molecular complexity index is 401. The summed E-state index contributed by atoms with van der Waals surface area (Å²) in [6.07, 6.45) is 4.85. The summed E-state index contributed by atoms with van der Waals surface area (Å²) >= 11 is 0. The third-order valence-corrected chi connectivity index (χ3v) is 3.22. The lowest BCUT2D eigenvalue weighted by molar-refractivity contribution is -0.138. The number of hydrogen-bond donors (Lipinski definition) is 2. The van der Waals surface area contributed by atoms with Crippen molar-refractivity contribution in [3.63, 3.8) is 0 Å². The van der Waals surface area contributed by atoms with Crippen molar-refractivity contribution in [3.05, 3.63) is 34.9 Å². The molecule has 1 atom stereocenters. The Morgan fingerprint density at radius 2 is 2.12 bits per heavy atom. The zero-order valence-electron chi connectivity index (χ0n) is 9.28. The molecule has 1 aromatic carbocycles. The molecule has 0 heterocycles. The van der Waals surface area contributed by atoms with E-state index in [0.717, 1.165) is 12.8 Å². The van der Waals surface area contributed by atoms with E-state index in [1.165, 1.54) is 29.5 Å². The van der Waals surface area contributed by atoms with Crippen molar-refractivity contribution in [2.45, 2.75) is 38.1 Å². The van der Waals surface area contributed by atoms with E-state index >= 15 is 0 Å². The SMILES string of the molecule is N[C@H](CCc1ccc2c(c1)CCC2)C(=O)O. The minimum Gasteiger partial charge on any atom is -0.480 e. The highest BCUT2D eigenvalue weighted by Gasteiger charge is 2.13. The summed E-state index contributed by atoms with van der Waals surface area (Å²) < 4.78 is 0. The van der Waals surface area contributed by atoms with Crippen LogP contribution in [0.1, 0.15) is 29.5 Å². The predicted octanol–water partition coefficient (Wildman–Crippen LogP) is 1.52. The lowest BCUT2D eigenvalue weighted by atomic mass is 10.0. The van der Waals surface area contributed by atoms with E-state index in [0.29, 0.717) is 6.42 Å². The molecule has 86 valence electrons. The number of nitrogens with two attached hydrogens (primary N) is 1. The molecular formula is C13H17NO2. The second-order valence-corrected chi connectivity index (χ2v) is 4.44. The number of benzene rings is 1. The Balaban J connectivity index is 1.98. The fraction of sp³-hybridized carbons (Fsp3) is 0.462. The van der Waals surface area contributed by atoms with E-state index in [4.69, 9.17) is 10.8 Å². The second-order valence-electron chi connectivity index (χ2n) is 4.44. The lowest BCUT2D eigenvalue weighted by Gasteiger charge is -2.07. The number of aryl methyl sites for hydroxylation is 3. The number of hydrogen-bond acceptors (Lipinski definition) is 2. The molecule has 1 aliphatic carbocycles. The molecule has 3 heteroatoms. The molecule has 3 N–H and O–H groups in total. The van der Waals surface area contributed by atoms with Crippen LogP contribution in [0, 0.1) is 0 Å². The highest BCUT2D eigenvalue weighted by Crippen LogP contribution is 2.23. The van der Waals surface area contributed by atoms with Crippen LogP contribution in [0.5, 0.6) is 0 Å². The molecule has 0 saturated heterocycles. The van der Waals surface area contributed by atoms with Gasteiger partial charge in [-0.2, -0.15) is 0 Å². The van der Waals surface area contributed by atoms with Gasteiger partial charge in [0.1, 0.15) is 6.04 Å². The van der Waals surface area contributed by atoms with Crippen LogP contribution in [0.15, 0.2) is 18.2 Å². The average Bonchev–Trinajstić information content (AvgIpc) is 2.72. The molecule has 3 nitrogen and oxygen atoms in total. The van der Waals surface area contributed by atoms with Crippen molar-refractivity contribution in [2.24, 2.45) is 5.73 Å². The van der Waals surface area contributed by atoms with Crippen molar-refractivity contribution in [1.82, 2.24) is 0 Å². The minimum atomic E-state index is -0.916. The van der Waals surface area contributed by atoms with Crippen LogP contribution in [0.4, 0.5) is 0 Å². The fourth-order valence-corrected chi connectivity index (χ4v) is 2.23. The first-order chi connectivity index (χ1) is 7.66. The normalized spacial score (nSPS) is 15.8. The topological polar surface area (TPSA) is 63.3 Å². The summed E-state index contributed by atoms with van der Waals surface area (Å²) in [5.41, 5.74) is 9.57. The van der Waals surface area contributed by atoms with E-state index < -0.39 is 12.0 Å². The van der Waals surface area contributed by atoms with Gasteiger partial charge in [0.15, 0.2) is 0 Å². The maximum Gasteiger partial charge on any atom is 0.320 e. The van der Waals surface area contributed by atoms with Crippen LogP contribution in [0.3, 0.4) is 0 Å². The zero-order chi connectivity index (χ0) is 11.5. The van der Waals surface area contributed by atoms with Gasteiger partial charge in [0, 0.05) is 0 Å². The van der Waals surface area contributed by atoms with Gasteiger partial charge in [-0.25, -0.2) is 0 Å². The van der Waals surface area contributed by atoms with E-state index in [1.54, 1.807) is 0 Å². The third-order valence-electron chi connectivity index (χ3n) is 3.22. The Kier molecular flexibility index (Phi) is 3.25. The highest BCUT2D eigenvalue weighted by atomic mass is 16.4. The van der Waals surface area contributed by atoms with Crippen molar-refractivity contribution < 1.29 is 9.90 Å². The molecule has 0 saturated carbocycles. The van der Waals surface area contributed by atoms with Crippen LogP contribution < -0.4 is 5.73 Å². The van der Waals surface area contributed by atoms with Crippen LogP contribution in [-0.2, 0) is 24.1 Å². The predicted molar refractivity (Wildman–Crippen MR) is 62.4 cm³/mol. The zero-order valence-corrected chi connectivity index (χ0v) is 9.28. The molecule has 2 rings (SSSR count). The molecule has 16 heavy (non-hydrogen) atoms. The molecule has 0 unspecified atom stereocenters. The molecule has 0 amide bonds. The monoisotopic (exact) mass is 219 g/mol. The summed E-state index contributed by atoms with van der Waals surface area (Å²) in [6, 6.07) is 5.73. The van der Waals surface area contributed by atoms with Gasteiger partial charge in [-0.3, -0.25) is 4.79 Å². The molecule has 1 aliphatic rings. The van der Waals surface area contributed by atoms with Gasteiger partial charge in [-0.15, -0.1) is 0 Å². The first-order valence-electron chi connectivity index (χ1n) is 5.76. The van der Waals surface area contributed by atoms with Gasteiger partial charge >= 0.3 is 5.97 Å². The van der Waals surface area contributed by atoms with E-state index in [9.17, 15) is 4.79 Å². The van der Waals surface area contributed by atoms with Crippen LogP contribution in [0.25, 0.3) is 0 Å². The number of fused-ring (bicyclic) bond motifs is 1.